The van der Waals surface area contributed by atoms with Crippen molar-refractivity contribution in [3.8, 4) is 5.75 Å². The number of anilines is 1. The number of hydrogen-bond acceptors (Lipinski definition) is 2. The molecule has 0 aromatic heterocycles. The number of para-hydroxylation sites is 1. The maximum Gasteiger partial charge on any atom is 0.169 e. The fraction of sp³-hybridized carbons (Fsp3) is 0.200. The van der Waals surface area contributed by atoms with Gasteiger partial charge in [0.1, 0.15) is 5.75 Å². The molecule has 2 aromatic rings. The molecule has 0 aliphatic rings. The summed E-state index contributed by atoms with van der Waals surface area (Å²) < 4.78 is 5.85. The van der Waals surface area contributed by atoms with Gasteiger partial charge in [0.25, 0.3) is 0 Å². The van der Waals surface area contributed by atoms with Crippen LogP contribution in [0.5, 0.6) is 5.75 Å². The topological polar surface area (TPSA) is 12.5 Å². The largest absolute Gasteiger partial charge is 0.469 e. The smallest absolute Gasteiger partial charge is 0.169 e. The number of halogens is 2. The van der Waals surface area contributed by atoms with E-state index in [1.54, 1.807) is 18.2 Å². The lowest BCUT2D eigenvalue weighted by Gasteiger charge is -2.27. The Hall–Kier alpha value is -1.38. The van der Waals surface area contributed by atoms with Crippen molar-refractivity contribution in [1.82, 2.24) is 0 Å². The number of hydrogen-bond donors (Lipinski definition) is 0. The number of benzene rings is 2. The van der Waals surface area contributed by atoms with Crippen LogP contribution in [0.4, 0.5) is 5.69 Å². The van der Waals surface area contributed by atoms with E-state index in [0.29, 0.717) is 15.8 Å². The van der Waals surface area contributed by atoms with Gasteiger partial charge in [-0.2, -0.15) is 0 Å². The second-order valence-corrected chi connectivity index (χ2v) is 5.08. The highest BCUT2D eigenvalue weighted by atomic mass is 35.5. The highest BCUT2D eigenvalue weighted by molar-refractivity contribution is 6.35. The van der Waals surface area contributed by atoms with Gasteiger partial charge in [-0.25, -0.2) is 0 Å². The van der Waals surface area contributed by atoms with Gasteiger partial charge in [-0.3, -0.25) is 0 Å². The van der Waals surface area contributed by atoms with Gasteiger partial charge in [0.2, 0.25) is 0 Å². The zero-order valence-electron chi connectivity index (χ0n) is 10.8. The van der Waals surface area contributed by atoms with Crippen molar-refractivity contribution >= 4 is 28.9 Å². The van der Waals surface area contributed by atoms with Gasteiger partial charge in [0, 0.05) is 17.8 Å². The lowest BCUT2D eigenvalue weighted by atomic mass is 10.3. The third kappa shape index (κ3) is 3.55. The molecule has 0 fully saturated rings. The quantitative estimate of drug-likeness (QED) is 0.747. The van der Waals surface area contributed by atoms with Crippen molar-refractivity contribution in [2.75, 3.05) is 11.9 Å². The van der Waals surface area contributed by atoms with Crippen molar-refractivity contribution < 1.29 is 4.74 Å². The monoisotopic (exact) mass is 295 g/mol. The zero-order chi connectivity index (χ0) is 13.8. The Balaban J connectivity index is 2.10. The van der Waals surface area contributed by atoms with E-state index < -0.39 is 0 Å². The Bertz CT molecular complexity index is 545. The third-order valence-electron chi connectivity index (χ3n) is 2.90. The Labute approximate surface area is 123 Å². The van der Waals surface area contributed by atoms with Crippen LogP contribution < -0.4 is 9.64 Å². The van der Waals surface area contributed by atoms with Gasteiger partial charge in [-0.05, 0) is 37.3 Å². The molecule has 2 nitrogen and oxygen atoms in total. The van der Waals surface area contributed by atoms with E-state index in [1.165, 1.54) is 0 Å². The Morgan fingerprint density at radius 1 is 1.05 bits per heavy atom. The van der Waals surface area contributed by atoms with Gasteiger partial charge < -0.3 is 9.64 Å². The summed E-state index contributed by atoms with van der Waals surface area (Å²) in [5, 5.41) is 1.11. The molecule has 1 atom stereocenters. The molecule has 0 heterocycles. The van der Waals surface area contributed by atoms with E-state index in [0.717, 1.165) is 5.69 Å². The Morgan fingerprint density at radius 3 is 2.37 bits per heavy atom. The summed E-state index contributed by atoms with van der Waals surface area (Å²) in [4.78, 5) is 2.03. The van der Waals surface area contributed by atoms with Crippen LogP contribution in [0.25, 0.3) is 0 Å². The lowest BCUT2D eigenvalue weighted by Crippen LogP contribution is -2.33. The van der Waals surface area contributed by atoms with Crippen LogP contribution in [0.2, 0.25) is 10.0 Å². The summed E-state index contributed by atoms with van der Waals surface area (Å²) in [5.41, 5.74) is 1.08. The van der Waals surface area contributed by atoms with E-state index in [9.17, 15) is 0 Å². The van der Waals surface area contributed by atoms with Gasteiger partial charge in [0.05, 0.1) is 5.02 Å². The van der Waals surface area contributed by atoms with Crippen LogP contribution in [-0.4, -0.2) is 13.3 Å². The molecular formula is C15H15Cl2NO. The third-order valence-corrected chi connectivity index (χ3v) is 3.43. The van der Waals surface area contributed by atoms with Crippen LogP contribution in [0, 0.1) is 0 Å². The van der Waals surface area contributed by atoms with Crippen LogP contribution in [0.3, 0.4) is 0 Å². The van der Waals surface area contributed by atoms with Crippen molar-refractivity contribution in [2.45, 2.75) is 13.2 Å². The number of nitrogens with zero attached hydrogens (tertiary/aromatic N) is 1. The molecule has 0 amide bonds. The average molecular weight is 296 g/mol. The standard InChI is InChI=1S/C15H15Cl2NO/c1-11(18(2)13-6-4-3-5-7-13)19-15-9-8-12(16)10-14(15)17/h3-11H,1-2H3. The normalized spacial score (nSPS) is 12.0. The maximum absolute atomic E-state index is 6.10. The van der Waals surface area contributed by atoms with Crippen molar-refractivity contribution in [2.24, 2.45) is 0 Å². The highest BCUT2D eigenvalue weighted by Crippen LogP contribution is 2.29. The summed E-state index contributed by atoms with van der Waals surface area (Å²) >= 11 is 12.0. The predicted molar refractivity (Wildman–Crippen MR) is 81.4 cm³/mol. The summed E-state index contributed by atoms with van der Waals surface area (Å²) in [6.45, 7) is 1.97. The first-order chi connectivity index (χ1) is 9.08. The fourth-order valence-electron chi connectivity index (χ4n) is 1.71. The van der Waals surface area contributed by atoms with Crippen molar-refractivity contribution in [3.05, 3.63) is 58.6 Å². The van der Waals surface area contributed by atoms with E-state index in [-0.39, 0.29) is 6.23 Å². The number of ether oxygens (including phenoxy) is 1. The van der Waals surface area contributed by atoms with E-state index in [4.69, 9.17) is 27.9 Å². The first-order valence-electron chi connectivity index (χ1n) is 5.97. The van der Waals surface area contributed by atoms with Crippen LogP contribution in [0.1, 0.15) is 6.92 Å². The second-order valence-electron chi connectivity index (χ2n) is 4.24. The fourth-order valence-corrected chi connectivity index (χ4v) is 2.16. The highest BCUT2D eigenvalue weighted by Gasteiger charge is 2.13. The molecular weight excluding hydrogens is 281 g/mol. The predicted octanol–water partition coefficient (Wildman–Crippen LogP) is 4.85. The molecule has 0 aliphatic carbocycles. The zero-order valence-corrected chi connectivity index (χ0v) is 12.3. The van der Waals surface area contributed by atoms with Crippen molar-refractivity contribution in [3.63, 3.8) is 0 Å². The average Bonchev–Trinajstić information content (AvgIpc) is 2.42. The first kappa shape index (κ1) is 14.0. The summed E-state index contributed by atoms with van der Waals surface area (Å²) in [7, 11) is 1.98. The first-order valence-corrected chi connectivity index (χ1v) is 6.73. The summed E-state index contributed by atoms with van der Waals surface area (Å²) in [5.74, 6) is 0.626. The van der Waals surface area contributed by atoms with Gasteiger partial charge in [-0.1, -0.05) is 41.4 Å². The van der Waals surface area contributed by atoms with Gasteiger partial charge >= 0.3 is 0 Å². The van der Waals surface area contributed by atoms with Crippen molar-refractivity contribution in [1.29, 1.82) is 0 Å². The van der Waals surface area contributed by atoms with Gasteiger partial charge in [0.15, 0.2) is 6.23 Å². The van der Waals surface area contributed by atoms with E-state index in [2.05, 4.69) is 0 Å². The minimum absolute atomic E-state index is 0.138. The van der Waals surface area contributed by atoms with Gasteiger partial charge in [-0.15, -0.1) is 0 Å². The molecule has 4 heteroatoms. The lowest BCUT2D eigenvalue weighted by molar-refractivity contribution is 0.222. The molecule has 0 saturated carbocycles. The Morgan fingerprint density at radius 2 is 1.74 bits per heavy atom. The molecule has 2 aromatic carbocycles. The molecule has 0 saturated heterocycles. The molecule has 0 radical (unpaired) electrons. The molecule has 2 rings (SSSR count). The molecule has 0 N–H and O–H groups in total. The second kappa shape index (κ2) is 6.18. The van der Waals surface area contributed by atoms with E-state index >= 15 is 0 Å². The molecule has 19 heavy (non-hydrogen) atoms. The minimum Gasteiger partial charge on any atom is -0.469 e. The van der Waals surface area contributed by atoms with E-state index in [1.807, 2.05) is 49.2 Å². The number of rotatable bonds is 4. The maximum atomic E-state index is 6.10. The van der Waals surface area contributed by atoms with Crippen LogP contribution in [-0.2, 0) is 0 Å². The SMILES string of the molecule is CC(Oc1ccc(Cl)cc1Cl)N(C)c1ccccc1. The van der Waals surface area contributed by atoms with Crippen LogP contribution in [0.15, 0.2) is 48.5 Å². The summed E-state index contributed by atoms with van der Waals surface area (Å²) in [6, 6.07) is 15.2. The minimum atomic E-state index is -0.138. The Kier molecular flexibility index (Phi) is 4.56. The molecule has 1 unspecified atom stereocenters. The molecule has 0 bridgehead atoms. The molecule has 0 spiro atoms. The summed E-state index contributed by atoms with van der Waals surface area (Å²) in [6.07, 6.45) is -0.138. The van der Waals surface area contributed by atoms with Crippen LogP contribution >= 0.6 is 23.2 Å². The molecule has 100 valence electrons. The molecule has 0 aliphatic heterocycles.